The first-order chi connectivity index (χ1) is 10.3. The Labute approximate surface area is 133 Å². The molecule has 0 radical (unpaired) electrons. The lowest BCUT2D eigenvalue weighted by Crippen LogP contribution is -2.50. The van der Waals surface area contributed by atoms with Crippen LogP contribution in [-0.2, 0) is 9.59 Å². The van der Waals surface area contributed by atoms with Crippen LogP contribution in [0.2, 0.25) is 0 Å². The second-order valence-electron chi connectivity index (χ2n) is 7.41. The largest absolute Gasteiger partial charge is 0.480 e. The van der Waals surface area contributed by atoms with Crippen LogP contribution in [-0.4, -0.2) is 34.5 Å². The van der Waals surface area contributed by atoms with Crippen molar-refractivity contribution < 1.29 is 14.7 Å². The van der Waals surface area contributed by atoms with E-state index < -0.39 is 12.0 Å². The molecule has 5 nitrogen and oxygen atoms in total. The molecular weight excluding hydrogens is 280 g/mol. The summed E-state index contributed by atoms with van der Waals surface area (Å²) in [7, 11) is 0. The van der Waals surface area contributed by atoms with Gasteiger partial charge in [-0.05, 0) is 30.6 Å². The van der Waals surface area contributed by atoms with Gasteiger partial charge in [0.1, 0.15) is 12.5 Å². The predicted molar refractivity (Wildman–Crippen MR) is 84.0 cm³/mol. The van der Waals surface area contributed by atoms with Crippen LogP contribution in [0.5, 0.6) is 0 Å². The molecule has 0 aliphatic heterocycles. The highest BCUT2D eigenvalue weighted by molar-refractivity contribution is 5.85. The van der Waals surface area contributed by atoms with Crippen molar-refractivity contribution in [1.29, 1.82) is 5.26 Å². The highest BCUT2D eigenvalue weighted by Crippen LogP contribution is 2.30. The smallest absolute Gasteiger partial charge is 0.326 e. The summed E-state index contributed by atoms with van der Waals surface area (Å²) in [5.41, 5.74) is 0.0147. The maximum atomic E-state index is 12.3. The number of carboxylic acids is 1. The number of aliphatic carboxylic acids is 1. The van der Waals surface area contributed by atoms with Gasteiger partial charge in [-0.3, -0.25) is 4.79 Å². The van der Waals surface area contributed by atoms with Crippen molar-refractivity contribution in [3.8, 4) is 6.07 Å². The average molecular weight is 308 g/mol. The summed E-state index contributed by atoms with van der Waals surface area (Å²) in [5.74, 6) is -1.29. The van der Waals surface area contributed by atoms with Gasteiger partial charge >= 0.3 is 5.97 Å². The molecule has 1 atom stereocenters. The third kappa shape index (κ3) is 5.67. The van der Waals surface area contributed by atoms with Crippen LogP contribution >= 0.6 is 0 Å². The fourth-order valence-electron chi connectivity index (χ4n) is 3.08. The van der Waals surface area contributed by atoms with Crippen LogP contribution in [0.1, 0.15) is 65.7 Å². The van der Waals surface area contributed by atoms with Gasteiger partial charge in [0, 0.05) is 6.54 Å². The number of hydrogen-bond donors (Lipinski definition) is 1. The van der Waals surface area contributed by atoms with Crippen LogP contribution in [0.4, 0.5) is 0 Å². The van der Waals surface area contributed by atoms with E-state index in [2.05, 4.69) is 20.8 Å². The second kappa shape index (κ2) is 8.17. The zero-order valence-corrected chi connectivity index (χ0v) is 14.0. The van der Waals surface area contributed by atoms with E-state index in [1.807, 2.05) is 6.07 Å². The topological polar surface area (TPSA) is 81.4 Å². The molecule has 0 heterocycles. The van der Waals surface area contributed by atoms with Gasteiger partial charge in [0.05, 0.1) is 6.07 Å². The number of rotatable bonds is 6. The standard InChI is InChI=1S/C17H28N2O3/c1-17(2,3)10-12-19(14(20)9-11-18)15(16(21)22)13-7-5-4-6-8-13/h13,15H,4-10,12H2,1-3H3,(H,21,22). The minimum atomic E-state index is -0.938. The molecule has 1 saturated carbocycles. The molecule has 1 N–H and O–H groups in total. The zero-order valence-electron chi connectivity index (χ0n) is 14.0. The van der Waals surface area contributed by atoms with Crippen molar-refractivity contribution in [2.24, 2.45) is 11.3 Å². The predicted octanol–water partition coefficient (Wildman–Crippen LogP) is 3.20. The molecule has 1 unspecified atom stereocenters. The highest BCUT2D eigenvalue weighted by Gasteiger charge is 2.37. The molecule has 0 saturated heterocycles. The van der Waals surface area contributed by atoms with Crippen molar-refractivity contribution in [2.45, 2.75) is 71.8 Å². The van der Waals surface area contributed by atoms with E-state index in [4.69, 9.17) is 5.26 Å². The first-order valence-corrected chi connectivity index (χ1v) is 8.15. The van der Waals surface area contributed by atoms with Crippen LogP contribution < -0.4 is 0 Å². The van der Waals surface area contributed by atoms with Crippen LogP contribution in [0, 0.1) is 22.7 Å². The Morgan fingerprint density at radius 3 is 2.32 bits per heavy atom. The number of carboxylic acid groups (broad SMARTS) is 1. The molecule has 1 aliphatic rings. The van der Waals surface area contributed by atoms with Crippen LogP contribution in [0.3, 0.4) is 0 Å². The Kier molecular flexibility index (Phi) is 6.86. The fourth-order valence-corrected chi connectivity index (χ4v) is 3.08. The number of nitriles is 1. The highest BCUT2D eigenvalue weighted by atomic mass is 16.4. The van der Waals surface area contributed by atoms with E-state index in [1.54, 1.807) is 0 Å². The molecule has 1 aliphatic carbocycles. The molecule has 0 bridgehead atoms. The number of hydrogen-bond acceptors (Lipinski definition) is 3. The fraction of sp³-hybridized carbons (Fsp3) is 0.824. The Morgan fingerprint density at radius 2 is 1.86 bits per heavy atom. The normalized spacial score (nSPS) is 17.5. The van der Waals surface area contributed by atoms with E-state index in [1.165, 1.54) is 4.90 Å². The molecule has 1 rings (SSSR count). The van der Waals surface area contributed by atoms with Crippen LogP contribution in [0.15, 0.2) is 0 Å². The summed E-state index contributed by atoms with van der Waals surface area (Å²) in [6.45, 7) is 6.60. The Bertz CT molecular complexity index is 428. The first kappa shape index (κ1) is 18.5. The number of carbonyl (C=O) groups excluding carboxylic acids is 1. The molecule has 22 heavy (non-hydrogen) atoms. The van der Waals surface area contributed by atoms with Crippen LogP contribution in [0.25, 0.3) is 0 Å². The molecule has 1 amide bonds. The van der Waals surface area contributed by atoms with Gasteiger partial charge in [-0.2, -0.15) is 5.26 Å². The quantitative estimate of drug-likeness (QED) is 0.817. The maximum Gasteiger partial charge on any atom is 0.326 e. The van der Waals surface area contributed by atoms with Crippen molar-refractivity contribution >= 4 is 11.9 Å². The summed E-state index contributed by atoms with van der Waals surface area (Å²) in [6.07, 6.45) is 5.35. The Balaban J connectivity index is 2.94. The molecule has 5 heteroatoms. The van der Waals surface area contributed by atoms with Gasteiger partial charge in [0.2, 0.25) is 5.91 Å². The van der Waals surface area contributed by atoms with Gasteiger partial charge in [0.25, 0.3) is 0 Å². The molecule has 1 fully saturated rings. The zero-order chi connectivity index (χ0) is 16.8. The summed E-state index contributed by atoms with van der Waals surface area (Å²) in [4.78, 5) is 25.5. The number of carbonyl (C=O) groups is 2. The lowest BCUT2D eigenvalue weighted by Gasteiger charge is -2.37. The summed E-state index contributed by atoms with van der Waals surface area (Å²) in [5, 5.41) is 18.5. The summed E-state index contributed by atoms with van der Waals surface area (Å²) < 4.78 is 0. The molecule has 0 aromatic heterocycles. The van der Waals surface area contributed by atoms with Gasteiger partial charge in [-0.15, -0.1) is 0 Å². The van der Waals surface area contributed by atoms with Gasteiger partial charge in [0.15, 0.2) is 0 Å². The minimum Gasteiger partial charge on any atom is -0.480 e. The molecule has 124 valence electrons. The van der Waals surface area contributed by atoms with E-state index in [0.717, 1.165) is 38.5 Å². The molecular formula is C17H28N2O3. The van der Waals surface area contributed by atoms with E-state index in [9.17, 15) is 14.7 Å². The monoisotopic (exact) mass is 308 g/mol. The Morgan fingerprint density at radius 1 is 1.27 bits per heavy atom. The van der Waals surface area contributed by atoms with Crippen molar-refractivity contribution in [3.05, 3.63) is 0 Å². The lowest BCUT2D eigenvalue weighted by molar-refractivity contribution is -0.153. The van der Waals surface area contributed by atoms with E-state index in [-0.39, 0.29) is 23.7 Å². The summed E-state index contributed by atoms with van der Waals surface area (Å²) >= 11 is 0. The van der Waals surface area contributed by atoms with Crippen molar-refractivity contribution in [1.82, 2.24) is 4.90 Å². The third-order valence-corrected chi connectivity index (χ3v) is 4.34. The van der Waals surface area contributed by atoms with Gasteiger partial charge in [-0.25, -0.2) is 4.79 Å². The SMILES string of the molecule is CC(C)(C)CCN(C(=O)CC#N)C(C(=O)O)C1CCCCC1. The van der Waals surface area contributed by atoms with Gasteiger partial charge < -0.3 is 10.0 Å². The van der Waals surface area contributed by atoms with E-state index >= 15 is 0 Å². The maximum absolute atomic E-state index is 12.3. The lowest BCUT2D eigenvalue weighted by atomic mass is 9.82. The Hall–Kier alpha value is -1.57. The van der Waals surface area contributed by atoms with Gasteiger partial charge in [-0.1, -0.05) is 40.0 Å². The first-order valence-electron chi connectivity index (χ1n) is 8.15. The molecule has 0 aromatic carbocycles. The summed E-state index contributed by atoms with van der Waals surface area (Å²) in [6, 6.07) is 1.07. The molecule has 0 aromatic rings. The third-order valence-electron chi connectivity index (χ3n) is 4.34. The average Bonchev–Trinajstić information content (AvgIpc) is 2.43. The number of amides is 1. The van der Waals surface area contributed by atoms with Crippen molar-refractivity contribution in [3.63, 3.8) is 0 Å². The number of nitrogens with zero attached hydrogens (tertiary/aromatic N) is 2. The minimum absolute atomic E-state index is 0.00820. The molecule has 0 spiro atoms. The van der Waals surface area contributed by atoms with E-state index in [0.29, 0.717) is 6.54 Å². The second-order valence-corrected chi connectivity index (χ2v) is 7.41. The van der Waals surface area contributed by atoms with Crippen molar-refractivity contribution in [2.75, 3.05) is 6.54 Å².